The van der Waals surface area contributed by atoms with Gasteiger partial charge in [-0.15, -0.1) is 11.8 Å². The van der Waals surface area contributed by atoms with Gasteiger partial charge in [0.2, 0.25) is 5.71 Å². The number of nitrogens with zero attached hydrogens (tertiary/aromatic N) is 3. The molecule has 0 radical (unpaired) electrons. The summed E-state index contributed by atoms with van der Waals surface area (Å²) in [4.78, 5) is 11.2. The van der Waals surface area contributed by atoms with E-state index in [9.17, 15) is 4.79 Å². The minimum absolute atomic E-state index is 0.00204. The van der Waals surface area contributed by atoms with E-state index in [2.05, 4.69) is 10.5 Å². The second-order valence-corrected chi connectivity index (χ2v) is 4.05. The highest BCUT2D eigenvalue weighted by molar-refractivity contribution is 8.00. The van der Waals surface area contributed by atoms with Gasteiger partial charge in [-0.3, -0.25) is 10.2 Å². The van der Waals surface area contributed by atoms with E-state index in [1.54, 1.807) is 36.4 Å². The van der Waals surface area contributed by atoms with E-state index in [1.807, 2.05) is 0 Å². The molecule has 0 saturated heterocycles. The highest BCUT2D eigenvalue weighted by Gasteiger charge is 2.00. The molecule has 0 aliphatic heterocycles. The Morgan fingerprint density at radius 2 is 1.94 bits per heavy atom. The Hall–Kier alpha value is -2.51. The third kappa shape index (κ3) is 4.56. The van der Waals surface area contributed by atoms with Crippen LogP contribution >= 0.6 is 11.8 Å². The summed E-state index contributed by atoms with van der Waals surface area (Å²) in [6.45, 7) is 0. The number of hydrazone groups is 1. The Bertz CT molecular complexity index is 524. The van der Waals surface area contributed by atoms with E-state index >= 15 is 0 Å². The lowest BCUT2D eigenvalue weighted by Gasteiger charge is -2.01. The molecule has 0 saturated carbocycles. The van der Waals surface area contributed by atoms with Crippen LogP contribution in [-0.4, -0.2) is 22.5 Å². The number of nitriles is 2. The second-order valence-electron chi connectivity index (χ2n) is 3.00. The fourth-order valence-corrected chi connectivity index (χ4v) is 1.58. The molecule has 6 nitrogen and oxygen atoms in total. The predicted molar refractivity (Wildman–Crippen MR) is 67.1 cm³/mol. The summed E-state index contributed by atoms with van der Waals surface area (Å²) < 4.78 is 0. The number of thioether (sulfide) groups is 1. The number of carboxylic acid groups (broad SMARTS) is 1. The summed E-state index contributed by atoms with van der Waals surface area (Å²) >= 11 is 1.20. The van der Waals surface area contributed by atoms with Gasteiger partial charge < -0.3 is 5.11 Å². The third-order valence-electron chi connectivity index (χ3n) is 1.73. The zero-order valence-electron chi connectivity index (χ0n) is 9.12. The van der Waals surface area contributed by atoms with Crippen molar-refractivity contribution < 1.29 is 9.90 Å². The number of anilines is 1. The minimum Gasteiger partial charge on any atom is -0.481 e. The highest BCUT2D eigenvalue weighted by atomic mass is 32.2. The Labute approximate surface area is 108 Å². The second kappa shape index (κ2) is 6.94. The molecule has 18 heavy (non-hydrogen) atoms. The van der Waals surface area contributed by atoms with Gasteiger partial charge in [-0.2, -0.15) is 15.6 Å². The van der Waals surface area contributed by atoms with Gasteiger partial charge in [0.1, 0.15) is 12.1 Å². The smallest absolute Gasteiger partial charge is 0.313 e. The molecule has 0 fully saturated rings. The van der Waals surface area contributed by atoms with Gasteiger partial charge in [-0.25, -0.2) is 0 Å². The molecule has 0 aliphatic carbocycles. The number of hydrogen-bond donors (Lipinski definition) is 2. The van der Waals surface area contributed by atoms with E-state index < -0.39 is 5.97 Å². The molecule has 0 atom stereocenters. The number of nitrogens with one attached hydrogen (secondary N) is 1. The van der Waals surface area contributed by atoms with Crippen LogP contribution in [0.4, 0.5) is 5.69 Å². The van der Waals surface area contributed by atoms with Crippen molar-refractivity contribution in [1.82, 2.24) is 0 Å². The van der Waals surface area contributed by atoms with E-state index in [4.69, 9.17) is 15.6 Å². The fourth-order valence-electron chi connectivity index (χ4n) is 0.966. The number of hydrogen-bond acceptors (Lipinski definition) is 6. The zero-order chi connectivity index (χ0) is 13.4. The maximum absolute atomic E-state index is 10.4. The van der Waals surface area contributed by atoms with Crippen molar-refractivity contribution in [2.75, 3.05) is 11.2 Å². The molecule has 90 valence electrons. The van der Waals surface area contributed by atoms with Crippen LogP contribution in [0.1, 0.15) is 0 Å². The first-order chi connectivity index (χ1) is 8.65. The molecule has 0 amide bonds. The number of benzene rings is 1. The van der Waals surface area contributed by atoms with Crippen LogP contribution in [0.25, 0.3) is 0 Å². The topological polar surface area (TPSA) is 109 Å². The van der Waals surface area contributed by atoms with Gasteiger partial charge in [0, 0.05) is 4.90 Å². The van der Waals surface area contributed by atoms with E-state index in [0.717, 1.165) is 4.90 Å². The lowest BCUT2D eigenvalue weighted by Crippen LogP contribution is -1.98. The van der Waals surface area contributed by atoms with Crippen molar-refractivity contribution in [2.24, 2.45) is 5.10 Å². The van der Waals surface area contributed by atoms with Gasteiger partial charge in [-0.1, -0.05) is 0 Å². The predicted octanol–water partition coefficient (Wildman–Crippen LogP) is 1.68. The zero-order valence-corrected chi connectivity index (χ0v) is 9.94. The molecule has 0 aromatic heterocycles. The first-order valence-corrected chi connectivity index (χ1v) is 5.73. The molecule has 0 bridgehead atoms. The monoisotopic (exact) mass is 260 g/mol. The maximum Gasteiger partial charge on any atom is 0.313 e. The van der Waals surface area contributed by atoms with E-state index in [0.29, 0.717) is 5.69 Å². The summed E-state index contributed by atoms with van der Waals surface area (Å²) in [7, 11) is 0. The van der Waals surface area contributed by atoms with Crippen molar-refractivity contribution in [2.45, 2.75) is 4.90 Å². The molecule has 7 heteroatoms. The summed E-state index contributed by atoms with van der Waals surface area (Å²) in [6, 6.07) is 10.1. The van der Waals surface area contributed by atoms with Crippen LogP contribution in [-0.2, 0) is 4.79 Å². The Kier molecular flexibility index (Phi) is 5.23. The van der Waals surface area contributed by atoms with Crippen molar-refractivity contribution in [3.05, 3.63) is 24.3 Å². The van der Waals surface area contributed by atoms with Crippen LogP contribution in [0.3, 0.4) is 0 Å². The van der Waals surface area contributed by atoms with E-state index in [-0.39, 0.29) is 11.5 Å². The van der Waals surface area contributed by atoms with Crippen LogP contribution in [0, 0.1) is 22.7 Å². The Balaban J connectivity index is 2.61. The number of aliphatic carboxylic acids is 1. The third-order valence-corrected chi connectivity index (χ3v) is 2.72. The molecule has 2 N–H and O–H groups in total. The normalized spacial score (nSPS) is 8.78. The Morgan fingerprint density at radius 3 is 2.44 bits per heavy atom. The van der Waals surface area contributed by atoms with Gasteiger partial charge in [0.25, 0.3) is 0 Å². The summed E-state index contributed by atoms with van der Waals surface area (Å²) in [6.07, 6.45) is 0. The number of rotatable bonds is 5. The van der Waals surface area contributed by atoms with Gasteiger partial charge in [0.05, 0.1) is 11.4 Å². The molecule has 0 aliphatic rings. The van der Waals surface area contributed by atoms with Gasteiger partial charge >= 0.3 is 5.97 Å². The van der Waals surface area contributed by atoms with Gasteiger partial charge in [0.15, 0.2) is 0 Å². The van der Waals surface area contributed by atoms with Crippen LogP contribution < -0.4 is 5.43 Å². The van der Waals surface area contributed by atoms with Crippen molar-refractivity contribution in [3.8, 4) is 12.1 Å². The minimum atomic E-state index is -0.875. The largest absolute Gasteiger partial charge is 0.481 e. The molecule has 0 heterocycles. The number of carbonyl (C=O) groups is 1. The molecule has 0 spiro atoms. The van der Waals surface area contributed by atoms with Crippen LogP contribution in [0.5, 0.6) is 0 Å². The number of carboxylic acids is 1. The first-order valence-electron chi connectivity index (χ1n) is 4.74. The molecular weight excluding hydrogens is 252 g/mol. The lowest BCUT2D eigenvalue weighted by molar-refractivity contribution is -0.133. The lowest BCUT2D eigenvalue weighted by atomic mass is 10.3. The molecule has 0 unspecified atom stereocenters. The summed E-state index contributed by atoms with van der Waals surface area (Å²) in [5, 5.41) is 29.0. The molecular formula is C11H8N4O2S. The average Bonchev–Trinajstić information content (AvgIpc) is 2.39. The Morgan fingerprint density at radius 1 is 1.33 bits per heavy atom. The summed E-state index contributed by atoms with van der Waals surface area (Å²) in [5.41, 5.74) is 2.90. The fraction of sp³-hybridized carbons (Fsp3) is 0.0909. The highest BCUT2D eigenvalue weighted by Crippen LogP contribution is 2.19. The summed E-state index contributed by atoms with van der Waals surface area (Å²) in [5.74, 6) is -0.878. The average molecular weight is 260 g/mol. The quantitative estimate of drug-likeness (QED) is 0.473. The van der Waals surface area contributed by atoms with E-state index in [1.165, 1.54) is 11.8 Å². The SMILES string of the molecule is N#CC(C#N)=NNc1ccc(SCC(=O)O)cc1. The first kappa shape index (κ1) is 13.6. The van der Waals surface area contributed by atoms with Gasteiger partial charge in [-0.05, 0) is 24.3 Å². The van der Waals surface area contributed by atoms with Crippen molar-refractivity contribution in [1.29, 1.82) is 10.5 Å². The van der Waals surface area contributed by atoms with Crippen LogP contribution in [0.2, 0.25) is 0 Å². The molecule has 1 aromatic rings. The van der Waals surface area contributed by atoms with Crippen molar-refractivity contribution >= 4 is 29.1 Å². The molecule has 1 aromatic carbocycles. The van der Waals surface area contributed by atoms with Crippen molar-refractivity contribution in [3.63, 3.8) is 0 Å². The molecule has 1 rings (SSSR count). The van der Waals surface area contributed by atoms with Crippen LogP contribution in [0.15, 0.2) is 34.3 Å². The maximum atomic E-state index is 10.4. The standard InChI is InChI=1S/C11H8N4O2S/c12-5-9(6-13)15-14-8-1-3-10(4-2-8)18-7-11(16)17/h1-4,14H,7H2,(H,16,17).